The fourth-order valence-corrected chi connectivity index (χ4v) is 3.20. The van der Waals surface area contributed by atoms with Gasteiger partial charge < -0.3 is 9.47 Å². The van der Waals surface area contributed by atoms with Gasteiger partial charge in [-0.3, -0.25) is 4.79 Å². The van der Waals surface area contributed by atoms with Crippen LogP contribution < -0.4 is 14.9 Å². The van der Waals surface area contributed by atoms with Gasteiger partial charge in [-0.05, 0) is 77.5 Å². The van der Waals surface area contributed by atoms with Crippen molar-refractivity contribution in [3.05, 3.63) is 92.6 Å². The van der Waals surface area contributed by atoms with Crippen LogP contribution in [0.5, 0.6) is 11.5 Å². The van der Waals surface area contributed by atoms with Gasteiger partial charge in [0.1, 0.15) is 0 Å². The molecule has 0 unspecified atom stereocenters. The summed E-state index contributed by atoms with van der Waals surface area (Å²) in [4.78, 5) is 24.5. The molecule has 3 rings (SSSR count). The number of hydrogen-bond acceptors (Lipinski definition) is 5. The molecule has 0 aliphatic carbocycles. The number of methoxy groups -OCH3 is 1. The molecule has 3 aromatic carbocycles. The molecule has 0 fully saturated rings. The normalized spacial score (nSPS) is 10.6. The third-order valence-corrected chi connectivity index (χ3v) is 5.12. The van der Waals surface area contributed by atoms with Crippen molar-refractivity contribution >= 4 is 40.7 Å². The number of hydrogen-bond donors (Lipinski definition) is 1. The third-order valence-electron chi connectivity index (χ3n) is 4.18. The lowest BCUT2D eigenvalue weighted by molar-refractivity contribution is 0.0729. The molecule has 1 amide bonds. The summed E-state index contributed by atoms with van der Waals surface area (Å²) in [6.07, 6.45) is 1.49. The van der Waals surface area contributed by atoms with Gasteiger partial charge in [-0.15, -0.1) is 0 Å². The van der Waals surface area contributed by atoms with Crippen molar-refractivity contribution in [2.75, 3.05) is 7.11 Å². The maximum atomic E-state index is 12.3. The molecule has 0 saturated heterocycles. The van der Waals surface area contributed by atoms with Crippen LogP contribution in [0.1, 0.15) is 31.8 Å². The first-order chi connectivity index (χ1) is 14.5. The van der Waals surface area contributed by atoms with Crippen molar-refractivity contribution < 1.29 is 19.1 Å². The number of nitrogens with zero attached hydrogens (tertiary/aromatic N) is 1. The van der Waals surface area contributed by atoms with Crippen LogP contribution in [0, 0.1) is 10.5 Å². The number of carbonyl (C=O) groups is 2. The van der Waals surface area contributed by atoms with Crippen LogP contribution >= 0.6 is 22.6 Å². The van der Waals surface area contributed by atoms with Crippen molar-refractivity contribution in [3.63, 3.8) is 0 Å². The second kappa shape index (κ2) is 10.0. The fraction of sp³-hybridized carbons (Fsp3) is 0.0870. The Morgan fingerprint density at radius 3 is 2.43 bits per heavy atom. The molecule has 0 aliphatic rings. The van der Waals surface area contributed by atoms with Gasteiger partial charge in [-0.25, -0.2) is 10.2 Å². The number of rotatable bonds is 6. The Kier molecular flexibility index (Phi) is 7.18. The molecule has 0 atom stereocenters. The van der Waals surface area contributed by atoms with Crippen molar-refractivity contribution in [2.45, 2.75) is 6.92 Å². The van der Waals surface area contributed by atoms with Gasteiger partial charge in [0.25, 0.3) is 5.91 Å². The van der Waals surface area contributed by atoms with Gasteiger partial charge in [0.15, 0.2) is 11.5 Å². The highest BCUT2D eigenvalue weighted by molar-refractivity contribution is 14.1. The van der Waals surface area contributed by atoms with Crippen molar-refractivity contribution in [3.8, 4) is 11.5 Å². The second-order valence-corrected chi connectivity index (χ2v) is 7.51. The number of hydrazone groups is 1. The van der Waals surface area contributed by atoms with Gasteiger partial charge in [0.2, 0.25) is 0 Å². The fourth-order valence-electron chi connectivity index (χ4n) is 2.57. The Hall–Kier alpha value is -3.20. The lowest BCUT2D eigenvalue weighted by Crippen LogP contribution is -2.18. The monoisotopic (exact) mass is 514 g/mol. The number of nitrogens with one attached hydrogen (secondary N) is 1. The lowest BCUT2D eigenvalue weighted by atomic mass is 10.1. The van der Waals surface area contributed by atoms with Crippen molar-refractivity contribution in [1.29, 1.82) is 0 Å². The Morgan fingerprint density at radius 2 is 1.73 bits per heavy atom. The number of amides is 1. The first-order valence-electron chi connectivity index (χ1n) is 9.03. The van der Waals surface area contributed by atoms with E-state index >= 15 is 0 Å². The highest BCUT2D eigenvalue weighted by Crippen LogP contribution is 2.28. The Bertz CT molecular complexity index is 1090. The summed E-state index contributed by atoms with van der Waals surface area (Å²) >= 11 is 2.10. The Morgan fingerprint density at radius 1 is 1.00 bits per heavy atom. The van der Waals surface area contributed by atoms with E-state index in [1.807, 2.05) is 31.2 Å². The standard InChI is InChI=1S/C23H19IN2O4/c1-15-7-10-17(11-8-15)23(28)30-20-12-9-16(13-21(20)29-2)14-25-26-22(27)18-5-3-4-6-19(18)24/h3-14H,1-2H3,(H,26,27). The summed E-state index contributed by atoms with van der Waals surface area (Å²) in [5.74, 6) is -0.0993. The van der Waals surface area contributed by atoms with E-state index in [1.165, 1.54) is 13.3 Å². The number of aryl methyl sites for hydroxylation is 1. The average Bonchev–Trinajstić information content (AvgIpc) is 2.75. The topological polar surface area (TPSA) is 77.0 Å². The minimum absolute atomic E-state index is 0.295. The van der Waals surface area contributed by atoms with Crippen LogP contribution in [0.15, 0.2) is 71.8 Å². The summed E-state index contributed by atoms with van der Waals surface area (Å²) in [5.41, 5.74) is 5.22. The molecule has 0 heterocycles. The first kappa shape index (κ1) is 21.5. The van der Waals surface area contributed by atoms with Gasteiger partial charge >= 0.3 is 5.97 Å². The van der Waals surface area contributed by atoms with Crippen LogP contribution in [0.2, 0.25) is 0 Å². The molecule has 152 valence electrons. The molecule has 0 aromatic heterocycles. The average molecular weight is 514 g/mol. The number of carbonyl (C=O) groups excluding carboxylic acids is 2. The number of ether oxygens (including phenoxy) is 2. The van der Waals surface area contributed by atoms with E-state index in [0.717, 1.165) is 9.13 Å². The van der Waals surface area contributed by atoms with Gasteiger partial charge in [-0.2, -0.15) is 5.10 Å². The summed E-state index contributed by atoms with van der Waals surface area (Å²) < 4.78 is 11.6. The van der Waals surface area contributed by atoms with Gasteiger partial charge in [0.05, 0.1) is 24.5 Å². The van der Waals surface area contributed by atoms with Gasteiger partial charge in [0, 0.05) is 3.57 Å². The zero-order valence-corrected chi connectivity index (χ0v) is 18.5. The lowest BCUT2D eigenvalue weighted by Gasteiger charge is -2.10. The molecular formula is C23H19IN2O4. The number of esters is 1. The molecule has 0 saturated carbocycles. The Balaban J connectivity index is 1.68. The van der Waals surface area contributed by atoms with E-state index in [4.69, 9.17) is 9.47 Å². The predicted octanol–water partition coefficient (Wildman–Crippen LogP) is 4.59. The maximum Gasteiger partial charge on any atom is 0.343 e. The minimum atomic E-state index is -0.473. The highest BCUT2D eigenvalue weighted by atomic mass is 127. The van der Waals surface area contributed by atoms with E-state index in [9.17, 15) is 9.59 Å². The van der Waals surface area contributed by atoms with Crippen LogP contribution in [-0.2, 0) is 0 Å². The van der Waals surface area contributed by atoms with Gasteiger partial charge in [-0.1, -0.05) is 29.8 Å². The van der Waals surface area contributed by atoms with Crippen molar-refractivity contribution in [1.82, 2.24) is 5.43 Å². The molecule has 7 heteroatoms. The molecular weight excluding hydrogens is 495 g/mol. The molecule has 0 spiro atoms. The molecule has 0 aliphatic heterocycles. The predicted molar refractivity (Wildman–Crippen MR) is 123 cm³/mol. The molecule has 1 N–H and O–H groups in total. The SMILES string of the molecule is COc1cc(C=NNC(=O)c2ccccc2I)ccc1OC(=O)c1ccc(C)cc1. The molecule has 30 heavy (non-hydrogen) atoms. The maximum absolute atomic E-state index is 12.3. The Labute approximate surface area is 188 Å². The summed E-state index contributed by atoms with van der Waals surface area (Å²) in [7, 11) is 1.48. The van der Waals surface area contributed by atoms with E-state index < -0.39 is 5.97 Å². The number of halogens is 1. The van der Waals surface area contributed by atoms with E-state index in [1.54, 1.807) is 42.5 Å². The smallest absolute Gasteiger partial charge is 0.343 e. The quantitative estimate of drug-likeness (QED) is 0.172. The van der Waals surface area contributed by atoms with Crippen LogP contribution in [0.25, 0.3) is 0 Å². The van der Waals surface area contributed by atoms with E-state index in [-0.39, 0.29) is 5.91 Å². The summed E-state index contributed by atoms with van der Waals surface area (Å²) in [6.45, 7) is 1.95. The summed E-state index contributed by atoms with van der Waals surface area (Å²) in [5, 5.41) is 3.99. The first-order valence-corrected chi connectivity index (χ1v) is 10.1. The minimum Gasteiger partial charge on any atom is -0.493 e. The molecule has 0 radical (unpaired) electrons. The highest BCUT2D eigenvalue weighted by Gasteiger charge is 2.13. The molecule has 6 nitrogen and oxygen atoms in total. The zero-order chi connectivity index (χ0) is 21.5. The van der Waals surface area contributed by atoms with Crippen LogP contribution in [0.3, 0.4) is 0 Å². The van der Waals surface area contributed by atoms with Crippen LogP contribution in [0.4, 0.5) is 0 Å². The van der Waals surface area contributed by atoms with E-state index in [2.05, 4.69) is 33.1 Å². The number of benzene rings is 3. The molecule has 0 bridgehead atoms. The third kappa shape index (κ3) is 5.44. The van der Waals surface area contributed by atoms with E-state index in [0.29, 0.717) is 28.2 Å². The van der Waals surface area contributed by atoms with Crippen molar-refractivity contribution in [2.24, 2.45) is 5.10 Å². The summed E-state index contributed by atoms with van der Waals surface area (Å²) in [6, 6.07) is 19.3. The zero-order valence-electron chi connectivity index (χ0n) is 16.4. The second-order valence-electron chi connectivity index (χ2n) is 6.34. The largest absolute Gasteiger partial charge is 0.493 e. The van der Waals surface area contributed by atoms with Crippen LogP contribution in [-0.4, -0.2) is 25.2 Å². The molecule has 3 aromatic rings.